The number of pyridine rings is 1. The maximum Gasteiger partial charge on any atom is 0.574 e. The molecule has 0 aliphatic carbocycles. The molecular formula is C7H3BrF3NO4. The van der Waals surface area contributed by atoms with Crippen LogP contribution >= 0.6 is 15.9 Å². The molecule has 0 unspecified atom stereocenters. The van der Waals surface area contributed by atoms with Crippen molar-refractivity contribution in [2.45, 2.75) is 6.36 Å². The second kappa shape index (κ2) is 4.16. The van der Waals surface area contributed by atoms with Crippen molar-refractivity contribution in [3.63, 3.8) is 0 Å². The van der Waals surface area contributed by atoms with Crippen LogP contribution in [0.25, 0.3) is 0 Å². The first-order valence-electron chi connectivity index (χ1n) is 3.59. The van der Waals surface area contributed by atoms with Crippen LogP contribution in [0.5, 0.6) is 11.6 Å². The Labute approximate surface area is 94.6 Å². The van der Waals surface area contributed by atoms with Crippen LogP contribution in [0, 0.1) is 0 Å². The first-order chi connectivity index (χ1) is 7.20. The summed E-state index contributed by atoms with van der Waals surface area (Å²) in [7, 11) is 0. The molecule has 9 heteroatoms. The molecule has 0 saturated carbocycles. The lowest BCUT2D eigenvalue weighted by Gasteiger charge is -2.10. The number of carboxylic acid groups (broad SMARTS) is 1. The molecule has 1 aromatic heterocycles. The first-order valence-corrected chi connectivity index (χ1v) is 4.38. The lowest BCUT2D eigenvalue weighted by molar-refractivity contribution is -0.276. The molecule has 0 spiro atoms. The molecular weight excluding hydrogens is 299 g/mol. The predicted octanol–water partition coefficient (Wildman–Crippen LogP) is 2.15. The van der Waals surface area contributed by atoms with Gasteiger partial charge in [-0.2, -0.15) is 0 Å². The van der Waals surface area contributed by atoms with Crippen molar-refractivity contribution in [1.82, 2.24) is 4.98 Å². The van der Waals surface area contributed by atoms with Crippen molar-refractivity contribution in [3.05, 3.63) is 16.2 Å². The molecule has 0 radical (unpaired) electrons. The molecule has 88 valence electrons. The van der Waals surface area contributed by atoms with E-state index >= 15 is 0 Å². The fourth-order valence-electron chi connectivity index (χ4n) is 0.799. The zero-order valence-electron chi connectivity index (χ0n) is 7.25. The summed E-state index contributed by atoms with van der Waals surface area (Å²) in [6.07, 6.45) is -5.02. The van der Waals surface area contributed by atoms with E-state index in [0.29, 0.717) is 6.07 Å². The zero-order valence-corrected chi connectivity index (χ0v) is 8.83. The van der Waals surface area contributed by atoms with Crippen molar-refractivity contribution in [3.8, 4) is 11.6 Å². The summed E-state index contributed by atoms with van der Waals surface area (Å²) in [5.74, 6) is -3.59. The summed E-state index contributed by atoms with van der Waals surface area (Å²) in [4.78, 5) is 13.6. The van der Waals surface area contributed by atoms with Crippen LogP contribution in [-0.4, -0.2) is 27.5 Å². The smallest absolute Gasteiger partial charge is 0.503 e. The summed E-state index contributed by atoms with van der Waals surface area (Å²) >= 11 is 2.64. The Morgan fingerprint density at radius 2 is 2.06 bits per heavy atom. The summed E-state index contributed by atoms with van der Waals surface area (Å²) in [6, 6.07) is 0.598. The summed E-state index contributed by atoms with van der Waals surface area (Å²) in [5, 5.41) is 17.6. The van der Waals surface area contributed by atoms with E-state index in [1.54, 1.807) is 0 Å². The zero-order chi connectivity index (χ0) is 12.5. The van der Waals surface area contributed by atoms with E-state index in [1.165, 1.54) is 0 Å². The standard InChI is InChI=1S/C7H3BrF3NO4/c8-4-2(6(14)15)1-3(13)5(12-4)16-7(9,10)11/h1,13H,(H,14,15). The second-order valence-electron chi connectivity index (χ2n) is 2.50. The van der Waals surface area contributed by atoms with Crippen molar-refractivity contribution in [2.24, 2.45) is 0 Å². The van der Waals surface area contributed by atoms with E-state index in [4.69, 9.17) is 10.2 Å². The highest BCUT2D eigenvalue weighted by Gasteiger charge is 2.33. The molecule has 0 bridgehead atoms. The Bertz CT molecular complexity index is 434. The van der Waals surface area contributed by atoms with Gasteiger partial charge in [0.2, 0.25) is 0 Å². The molecule has 0 saturated heterocycles. The summed E-state index contributed by atoms with van der Waals surface area (Å²) in [6.45, 7) is 0. The maximum atomic E-state index is 11.8. The molecule has 0 amide bonds. The molecule has 5 nitrogen and oxygen atoms in total. The fourth-order valence-corrected chi connectivity index (χ4v) is 1.24. The lowest BCUT2D eigenvalue weighted by Crippen LogP contribution is -2.18. The Morgan fingerprint density at radius 3 is 2.50 bits per heavy atom. The number of carbonyl (C=O) groups is 1. The first kappa shape index (κ1) is 12.6. The van der Waals surface area contributed by atoms with Crippen molar-refractivity contribution >= 4 is 21.9 Å². The van der Waals surface area contributed by atoms with E-state index in [1.807, 2.05) is 0 Å². The molecule has 1 aromatic rings. The number of hydrogen-bond donors (Lipinski definition) is 2. The van der Waals surface area contributed by atoms with Crippen molar-refractivity contribution in [2.75, 3.05) is 0 Å². The third kappa shape index (κ3) is 2.99. The van der Waals surface area contributed by atoms with Crippen LogP contribution in [-0.2, 0) is 0 Å². The Kier molecular flexibility index (Phi) is 3.27. The number of aromatic hydroxyl groups is 1. The van der Waals surface area contributed by atoms with Gasteiger partial charge in [-0.25, -0.2) is 9.78 Å². The Balaban J connectivity index is 3.16. The Hall–Kier alpha value is -1.51. The lowest BCUT2D eigenvalue weighted by atomic mass is 10.3. The van der Waals surface area contributed by atoms with Gasteiger partial charge in [0.1, 0.15) is 4.60 Å². The third-order valence-electron chi connectivity index (χ3n) is 1.36. The van der Waals surface area contributed by atoms with Crippen LogP contribution in [0.1, 0.15) is 10.4 Å². The van der Waals surface area contributed by atoms with E-state index in [0.717, 1.165) is 0 Å². The molecule has 0 atom stereocenters. The van der Waals surface area contributed by atoms with Gasteiger partial charge in [-0.15, -0.1) is 13.2 Å². The number of halogens is 4. The highest BCUT2D eigenvalue weighted by Crippen LogP contribution is 2.32. The largest absolute Gasteiger partial charge is 0.574 e. The number of nitrogens with zero attached hydrogens (tertiary/aromatic N) is 1. The minimum atomic E-state index is -5.02. The topological polar surface area (TPSA) is 79.7 Å². The van der Waals surface area contributed by atoms with E-state index in [9.17, 15) is 18.0 Å². The van der Waals surface area contributed by atoms with Gasteiger partial charge in [-0.1, -0.05) is 0 Å². The van der Waals surface area contributed by atoms with Crippen LogP contribution in [0.2, 0.25) is 0 Å². The molecule has 1 rings (SSSR count). The summed E-state index contributed by atoms with van der Waals surface area (Å²) < 4.78 is 38.4. The monoisotopic (exact) mass is 301 g/mol. The van der Waals surface area contributed by atoms with E-state index in [-0.39, 0.29) is 4.60 Å². The van der Waals surface area contributed by atoms with E-state index < -0.39 is 29.5 Å². The van der Waals surface area contributed by atoms with Gasteiger partial charge in [0.15, 0.2) is 5.75 Å². The van der Waals surface area contributed by atoms with Crippen molar-refractivity contribution < 1.29 is 32.9 Å². The molecule has 2 N–H and O–H groups in total. The van der Waals surface area contributed by atoms with Crippen molar-refractivity contribution in [1.29, 1.82) is 0 Å². The highest BCUT2D eigenvalue weighted by atomic mass is 79.9. The number of carboxylic acids is 1. The average Bonchev–Trinajstić information content (AvgIpc) is 2.07. The number of hydrogen-bond acceptors (Lipinski definition) is 4. The SMILES string of the molecule is O=C(O)c1cc(O)c(OC(F)(F)F)nc1Br. The molecule has 0 aromatic carbocycles. The molecule has 1 heterocycles. The minimum absolute atomic E-state index is 0.378. The molecule has 0 aliphatic rings. The minimum Gasteiger partial charge on any atom is -0.503 e. The van der Waals surface area contributed by atoms with Gasteiger partial charge in [0.25, 0.3) is 5.88 Å². The van der Waals surface area contributed by atoms with Gasteiger partial charge >= 0.3 is 12.3 Å². The average molecular weight is 302 g/mol. The maximum absolute atomic E-state index is 11.8. The third-order valence-corrected chi connectivity index (χ3v) is 1.97. The predicted molar refractivity (Wildman–Crippen MR) is 47.2 cm³/mol. The number of aromatic carboxylic acids is 1. The van der Waals surface area contributed by atoms with E-state index in [2.05, 4.69) is 25.7 Å². The van der Waals surface area contributed by atoms with Gasteiger partial charge < -0.3 is 14.9 Å². The Morgan fingerprint density at radius 1 is 1.50 bits per heavy atom. The van der Waals surface area contributed by atoms with Crippen LogP contribution in [0.4, 0.5) is 13.2 Å². The highest BCUT2D eigenvalue weighted by molar-refractivity contribution is 9.10. The molecule has 0 fully saturated rings. The molecule has 16 heavy (non-hydrogen) atoms. The number of ether oxygens (including phenoxy) is 1. The van der Waals surface area contributed by atoms with Crippen LogP contribution in [0.3, 0.4) is 0 Å². The van der Waals surface area contributed by atoms with Gasteiger partial charge in [0.05, 0.1) is 5.56 Å². The number of alkyl halides is 3. The molecule has 0 aliphatic heterocycles. The number of rotatable bonds is 2. The quantitative estimate of drug-likeness (QED) is 0.818. The second-order valence-corrected chi connectivity index (χ2v) is 3.26. The van der Waals surface area contributed by atoms with Gasteiger partial charge in [0, 0.05) is 6.07 Å². The summed E-state index contributed by atoms with van der Waals surface area (Å²) in [5.41, 5.74) is -0.480. The van der Waals surface area contributed by atoms with Crippen LogP contribution in [0.15, 0.2) is 10.7 Å². The number of aromatic nitrogens is 1. The van der Waals surface area contributed by atoms with Gasteiger partial charge in [-0.05, 0) is 15.9 Å². The normalized spacial score (nSPS) is 11.2. The fraction of sp³-hybridized carbons (Fsp3) is 0.143. The van der Waals surface area contributed by atoms with Gasteiger partial charge in [-0.3, -0.25) is 0 Å². The van der Waals surface area contributed by atoms with Crippen LogP contribution < -0.4 is 4.74 Å².